The first-order valence-corrected chi connectivity index (χ1v) is 17.6. The Balaban J connectivity index is 1.08. The number of hydrogen-bond acceptors (Lipinski definition) is 7. The molecule has 262 valence electrons. The van der Waals surface area contributed by atoms with E-state index in [1.54, 1.807) is 6.07 Å². The Morgan fingerprint density at radius 2 is 1.23 bits per heavy atom. The van der Waals surface area contributed by atoms with Crippen LogP contribution in [-0.4, -0.2) is 48.6 Å². The molecule has 53 heavy (non-hydrogen) atoms. The average Bonchev–Trinajstić information content (AvgIpc) is 3.54. The van der Waals surface area contributed by atoms with Gasteiger partial charge in [-0.25, -0.2) is 0 Å². The van der Waals surface area contributed by atoms with Crippen molar-refractivity contribution in [1.29, 1.82) is 0 Å². The molecule has 3 atom stereocenters. The summed E-state index contributed by atoms with van der Waals surface area (Å²) in [5.74, 6) is -3.97. The Labute approximate surface area is 306 Å². The summed E-state index contributed by atoms with van der Waals surface area (Å²) in [6, 6.07) is 33.2. The summed E-state index contributed by atoms with van der Waals surface area (Å²) >= 11 is 0. The monoisotopic (exact) mass is 699 g/mol. The first-order chi connectivity index (χ1) is 25.8. The lowest BCUT2D eigenvalue weighted by atomic mass is 9.80. The minimum Gasteiger partial charge on any atom is -0.504 e. The molecule has 9 rings (SSSR count). The lowest BCUT2D eigenvalue weighted by Crippen LogP contribution is -2.42. The largest absolute Gasteiger partial charge is 0.504 e. The van der Waals surface area contributed by atoms with Crippen LogP contribution in [-0.2, 0) is 0 Å². The van der Waals surface area contributed by atoms with Crippen molar-refractivity contribution >= 4 is 22.6 Å². The number of nitrogens with one attached hydrogen (secondary N) is 1. The van der Waals surface area contributed by atoms with Crippen molar-refractivity contribution in [1.82, 2.24) is 14.8 Å². The molecule has 2 heterocycles. The second kappa shape index (κ2) is 12.5. The maximum atomic E-state index is 10.8. The van der Waals surface area contributed by atoms with Gasteiger partial charge in [-0.2, -0.15) is 0 Å². The van der Waals surface area contributed by atoms with Gasteiger partial charge in [-0.15, -0.1) is 0 Å². The standard InChI is InChI=1S/C45H37N3O5/c1-47-25-33(28-16-14-27(15-17-28)31-12-7-11-30(22-31)26-8-3-2-4-9-26)24-46-45(47)48-37-21-19-32(38-40(49)42(51)44(53)43(52)41(38)50)23-36(37)35-20-18-29-10-5-6-13-34(29)39(35)48/h2-23,25,29,34,45-46,49-53H,24H2,1H3. The lowest BCUT2D eigenvalue weighted by Gasteiger charge is -2.38. The van der Waals surface area contributed by atoms with Gasteiger partial charge < -0.3 is 35.0 Å². The molecule has 0 spiro atoms. The van der Waals surface area contributed by atoms with Gasteiger partial charge in [0.2, 0.25) is 17.2 Å². The Morgan fingerprint density at radius 3 is 1.94 bits per heavy atom. The predicted molar refractivity (Wildman–Crippen MR) is 209 cm³/mol. The number of phenols is 5. The van der Waals surface area contributed by atoms with Gasteiger partial charge in [0, 0.05) is 48.3 Å². The summed E-state index contributed by atoms with van der Waals surface area (Å²) in [6.07, 6.45) is 14.8. The van der Waals surface area contributed by atoms with Crippen molar-refractivity contribution in [3.05, 3.63) is 150 Å². The molecule has 0 bridgehead atoms. The minimum absolute atomic E-state index is 0.0768. The van der Waals surface area contributed by atoms with E-state index in [4.69, 9.17) is 0 Å². The topological polar surface area (TPSA) is 121 Å². The van der Waals surface area contributed by atoms with Crippen LogP contribution in [0.4, 0.5) is 0 Å². The molecule has 1 aromatic heterocycles. The van der Waals surface area contributed by atoms with E-state index in [-0.39, 0.29) is 23.7 Å². The fraction of sp³-hybridized carbons (Fsp3) is 0.111. The fourth-order valence-electron chi connectivity index (χ4n) is 8.08. The van der Waals surface area contributed by atoms with Gasteiger partial charge in [-0.3, -0.25) is 5.32 Å². The Kier molecular flexibility index (Phi) is 7.64. The molecular formula is C45H37N3O5. The highest BCUT2D eigenvalue weighted by molar-refractivity contribution is 5.97. The Hall–Kier alpha value is -6.64. The SMILES string of the molecule is CN1C=C(c2ccc(-c3cccc(-c4ccccc4)c3)cc2)CNC1n1c2c(c3cc(-c4c(O)c(O)c(O)c(O)c4O)ccc31)C=CC1C=CC=CC21. The molecule has 0 saturated carbocycles. The molecule has 5 aromatic carbocycles. The fourth-order valence-corrected chi connectivity index (χ4v) is 8.08. The van der Waals surface area contributed by atoms with Crippen LogP contribution in [0.15, 0.2) is 134 Å². The molecule has 6 aromatic rings. The molecular weight excluding hydrogens is 663 g/mol. The first kappa shape index (κ1) is 32.3. The highest BCUT2D eigenvalue weighted by atomic mass is 16.4. The summed E-state index contributed by atoms with van der Waals surface area (Å²) in [7, 11) is 2.07. The number of nitrogens with zero attached hydrogens (tertiary/aromatic N) is 2. The van der Waals surface area contributed by atoms with E-state index < -0.39 is 28.7 Å². The predicted octanol–water partition coefficient (Wildman–Crippen LogP) is 9.06. The molecule has 2 aliphatic carbocycles. The quantitative estimate of drug-likeness (QED) is 0.0785. The number of hydrogen-bond donors (Lipinski definition) is 6. The van der Waals surface area contributed by atoms with Crippen molar-refractivity contribution in [2.24, 2.45) is 5.92 Å². The zero-order valence-electron chi connectivity index (χ0n) is 28.8. The van der Waals surface area contributed by atoms with E-state index >= 15 is 0 Å². The summed E-state index contributed by atoms with van der Waals surface area (Å²) in [5.41, 5.74) is 10.3. The second-order valence-electron chi connectivity index (χ2n) is 13.8. The molecule has 8 heteroatoms. The van der Waals surface area contributed by atoms with E-state index in [0.29, 0.717) is 12.1 Å². The van der Waals surface area contributed by atoms with Crippen molar-refractivity contribution in [3.63, 3.8) is 0 Å². The van der Waals surface area contributed by atoms with Gasteiger partial charge >= 0.3 is 0 Å². The van der Waals surface area contributed by atoms with Crippen LogP contribution < -0.4 is 5.32 Å². The van der Waals surface area contributed by atoms with Gasteiger partial charge in [-0.1, -0.05) is 115 Å². The van der Waals surface area contributed by atoms with E-state index in [1.807, 2.05) is 18.2 Å². The number of allylic oxidation sites excluding steroid dienone is 5. The van der Waals surface area contributed by atoms with Crippen LogP contribution in [0.25, 0.3) is 55.9 Å². The first-order valence-electron chi connectivity index (χ1n) is 17.6. The number of aromatic nitrogens is 1. The number of rotatable bonds is 5. The molecule has 1 aliphatic heterocycles. The number of fused-ring (bicyclic) bond motifs is 5. The number of benzene rings is 5. The van der Waals surface area contributed by atoms with Crippen molar-refractivity contribution in [2.75, 3.05) is 13.6 Å². The third kappa shape index (κ3) is 5.26. The van der Waals surface area contributed by atoms with E-state index in [9.17, 15) is 25.5 Å². The van der Waals surface area contributed by atoms with Gasteiger partial charge in [0.05, 0.1) is 11.1 Å². The molecule has 3 aliphatic rings. The molecule has 0 amide bonds. The Morgan fingerprint density at radius 1 is 0.604 bits per heavy atom. The molecule has 6 N–H and O–H groups in total. The van der Waals surface area contributed by atoms with Crippen LogP contribution in [0, 0.1) is 5.92 Å². The molecule has 0 radical (unpaired) electrons. The molecule has 8 nitrogen and oxygen atoms in total. The molecule has 0 fully saturated rings. The normalized spacial score (nSPS) is 18.9. The van der Waals surface area contributed by atoms with Crippen LogP contribution in [0.1, 0.15) is 29.0 Å². The summed E-state index contributed by atoms with van der Waals surface area (Å²) in [6.45, 7) is 0.637. The molecule has 3 unspecified atom stereocenters. The van der Waals surface area contributed by atoms with Gasteiger partial charge in [0.25, 0.3) is 0 Å². The maximum Gasteiger partial charge on any atom is 0.208 e. The van der Waals surface area contributed by atoms with Crippen LogP contribution in [0.3, 0.4) is 0 Å². The van der Waals surface area contributed by atoms with E-state index in [2.05, 4.69) is 137 Å². The number of aromatic hydroxyl groups is 5. The van der Waals surface area contributed by atoms with Crippen molar-refractivity contribution in [3.8, 4) is 62.1 Å². The third-order valence-corrected chi connectivity index (χ3v) is 10.7. The van der Waals surface area contributed by atoms with Gasteiger partial charge in [0.1, 0.15) is 0 Å². The van der Waals surface area contributed by atoms with Crippen LogP contribution >= 0.6 is 0 Å². The summed E-state index contributed by atoms with van der Waals surface area (Å²) in [4.78, 5) is 2.19. The third-order valence-electron chi connectivity index (χ3n) is 10.7. The maximum absolute atomic E-state index is 10.8. The summed E-state index contributed by atoms with van der Waals surface area (Å²) < 4.78 is 2.32. The van der Waals surface area contributed by atoms with Crippen LogP contribution in [0.5, 0.6) is 28.7 Å². The van der Waals surface area contributed by atoms with Crippen LogP contribution in [0.2, 0.25) is 0 Å². The minimum atomic E-state index is -0.983. The zero-order valence-corrected chi connectivity index (χ0v) is 28.8. The average molecular weight is 700 g/mol. The van der Waals surface area contributed by atoms with Crippen molar-refractivity contribution < 1.29 is 25.5 Å². The van der Waals surface area contributed by atoms with Gasteiger partial charge in [0.15, 0.2) is 17.8 Å². The van der Waals surface area contributed by atoms with Crippen molar-refractivity contribution in [2.45, 2.75) is 12.2 Å². The Bertz CT molecular complexity index is 2520. The second-order valence-corrected chi connectivity index (χ2v) is 13.8. The smallest absolute Gasteiger partial charge is 0.208 e. The van der Waals surface area contributed by atoms with E-state index in [1.165, 1.54) is 16.7 Å². The molecule has 0 saturated heterocycles. The highest BCUT2D eigenvalue weighted by Gasteiger charge is 2.34. The number of phenolic OH excluding ortho intramolecular Hbond substituents is 5. The lowest BCUT2D eigenvalue weighted by molar-refractivity contribution is 0.194. The van der Waals surface area contributed by atoms with E-state index in [0.717, 1.165) is 38.9 Å². The summed E-state index contributed by atoms with van der Waals surface area (Å²) in [5, 5.41) is 56.7. The van der Waals surface area contributed by atoms with Gasteiger partial charge in [-0.05, 0) is 57.2 Å². The zero-order chi connectivity index (χ0) is 36.4. The highest BCUT2D eigenvalue weighted by Crippen LogP contribution is 2.55.